The molecule has 0 atom stereocenters. The molecule has 3 nitrogen and oxygen atoms in total. The van der Waals surface area contributed by atoms with Crippen molar-refractivity contribution in [3.8, 4) is 0 Å². The van der Waals surface area contributed by atoms with Gasteiger partial charge in [-0.25, -0.2) is 8.78 Å². The molecule has 2 aromatic rings. The van der Waals surface area contributed by atoms with Crippen molar-refractivity contribution in [1.82, 2.24) is 0 Å². The van der Waals surface area contributed by atoms with Crippen LogP contribution in [0.15, 0.2) is 47.4 Å². The number of carbonyl (C=O) groups is 2. The molecular weight excluding hydrogens is 320 g/mol. The Balaban J connectivity index is 1.98. The van der Waals surface area contributed by atoms with E-state index in [4.69, 9.17) is 0 Å². The number of anilines is 1. The molecule has 0 aliphatic carbocycles. The van der Waals surface area contributed by atoms with Gasteiger partial charge in [-0.3, -0.25) is 9.59 Å². The number of thioether (sulfide) groups is 1. The van der Waals surface area contributed by atoms with Crippen LogP contribution in [0, 0.1) is 11.6 Å². The Morgan fingerprint density at radius 3 is 2.43 bits per heavy atom. The van der Waals surface area contributed by atoms with Crippen LogP contribution in [0.3, 0.4) is 0 Å². The molecule has 0 aliphatic rings. The molecule has 120 valence electrons. The molecule has 0 bridgehead atoms. The first-order valence-corrected chi connectivity index (χ1v) is 7.99. The minimum atomic E-state index is -0.554. The third-order valence-electron chi connectivity index (χ3n) is 3.06. The number of nitrogens with one attached hydrogen (secondary N) is 1. The summed E-state index contributed by atoms with van der Waals surface area (Å²) in [6.07, 6.45) is 0.372. The number of amides is 1. The van der Waals surface area contributed by atoms with Gasteiger partial charge in [-0.2, -0.15) is 0 Å². The van der Waals surface area contributed by atoms with Crippen molar-refractivity contribution in [3.63, 3.8) is 0 Å². The normalized spacial score (nSPS) is 10.4. The first-order valence-electron chi connectivity index (χ1n) is 7.00. The quantitative estimate of drug-likeness (QED) is 0.633. The van der Waals surface area contributed by atoms with Crippen LogP contribution < -0.4 is 5.32 Å². The fraction of sp³-hybridized carbons (Fsp3) is 0.176. The van der Waals surface area contributed by atoms with E-state index in [2.05, 4.69) is 5.32 Å². The number of hydrogen-bond donors (Lipinski definition) is 1. The highest BCUT2D eigenvalue weighted by molar-refractivity contribution is 8.00. The number of carbonyl (C=O) groups excluding carboxylic acids is 2. The van der Waals surface area contributed by atoms with Crippen molar-refractivity contribution < 1.29 is 18.4 Å². The Morgan fingerprint density at radius 1 is 1.09 bits per heavy atom. The summed E-state index contributed by atoms with van der Waals surface area (Å²) in [6.45, 7) is 1.75. The maximum absolute atomic E-state index is 13.5. The van der Waals surface area contributed by atoms with Crippen LogP contribution in [-0.2, 0) is 4.79 Å². The Labute approximate surface area is 137 Å². The lowest BCUT2D eigenvalue weighted by Crippen LogP contribution is -2.09. The van der Waals surface area contributed by atoms with Crippen LogP contribution >= 0.6 is 11.8 Å². The molecule has 2 aromatic carbocycles. The van der Waals surface area contributed by atoms with Gasteiger partial charge in [0, 0.05) is 22.6 Å². The predicted molar refractivity (Wildman–Crippen MR) is 86.8 cm³/mol. The van der Waals surface area contributed by atoms with Gasteiger partial charge >= 0.3 is 0 Å². The Bertz CT molecular complexity index is 717. The largest absolute Gasteiger partial charge is 0.326 e. The summed E-state index contributed by atoms with van der Waals surface area (Å²) in [4.78, 5) is 23.5. The number of halogens is 2. The molecule has 2 rings (SSSR count). The lowest BCUT2D eigenvalue weighted by atomic mass is 10.1. The summed E-state index contributed by atoms with van der Waals surface area (Å²) in [7, 11) is 0. The van der Waals surface area contributed by atoms with Crippen molar-refractivity contribution in [3.05, 3.63) is 59.7 Å². The Morgan fingerprint density at radius 2 is 1.78 bits per heavy atom. The van der Waals surface area contributed by atoms with Gasteiger partial charge in [0.1, 0.15) is 11.6 Å². The van der Waals surface area contributed by atoms with Crippen LogP contribution in [-0.4, -0.2) is 17.4 Å². The topological polar surface area (TPSA) is 46.2 Å². The molecule has 6 heteroatoms. The summed E-state index contributed by atoms with van der Waals surface area (Å²) in [6, 6.07) is 9.59. The average Bonchev–Trinajstić information content (AvgIpc) is 2.56. The number of Topliss-reactive ketones (excluding diaryl/α,β-unsaturated/α-hetero) is 1. The summed E-state index contributed by atoms with van der Waals surface area (Å²) in [5.74, 6) is -1.41. The molecule has 1 amide bonds. The van der Waals surface area contributed by atoms with Crippen LogP contribution in [0.25, 0.3) is 0 Å². The standard InChI is InChI=1S/C17H15F2NO2S/c1-2-17(22)20-13-6-3-11(4-7-13)15(21)10-23-16-9-12(18)5-8-14(16)19/h3-9H,2,10H2,1H3,(H,20,22). The molecule has 0 unspecified atom stereocenters. The smallest absolute Gasteiger partial charge is 0.224 e. The summed E-state index contributed by atoms with van der Waals surface area (Å²) < 4.78 is 26.6. The van der Waals surface area contributed by atoms with E-state index in [1.165, 1.54) is 0 Å². The van der Waals surface area contributed by atoms with E-state index in [1.807, 2.05) is 0 Å². The van der Waals surface area contributed by atoms with Gasteiger partial charge < -0.3 is 5.32 Å². The zero-order valence-electron chi connectivity index (χ0n) is 12.4. The van der Waals surface area contributed by atoms with Crippen molar-refractivity contribution in [2.45, 2.75) is 18.2 Å². The van der Waals surface area contributed by atoms with E-state index in [1.54, 1.807) is 31.2 Å². The minimum Gasteiger partial charge on any atom is -0.326 e. The first-order chi connectivity index (χ1) is 11.0. The SMILES string of the molecule is CCC(=O)Nc1ccc(C(=O)CSc2cc(F)ccc2F)cc1. The number of hydrogen-bond acceptors (Lipinski definition) is 3. The van der Waals surface area contributed by atoms with E-state index in [-0.39, 0.29) is 22.3 Å². The highest BCUT2D eigenvalue weighted by Gasteiger charge is 2.10. The number of rotatable bonds is 6. The van der Waals surface area contributed by atoms with E-state index in [0.29, 0.717) is 17.7 Å². The molecule has 0 aliphatic heterocycles. The lowest BCUT2D eigenvalue weighted by Gasteiger charge is -2.06. The molecule has 1 N–H and O–H groups in total. The molecular formula is C17H15F2NO2S. The fourth-order valence-corrected chi connectivity index (χ4v) is 2.66. The van der Waals surface area contributed by atoms with Crippen LogP contribution in [0.5, 0.6) is 0 Å². The maximum atomic E-state index is 13.5. The molecule has 0 heterocycles. The molecule has 0 saturated heterocycles. The van der Waals surface area contributed by atoms with Crippen LogP contribution in [0.2, 0.25) is 0 Å². The number of benzene rings is 2. The second-order valence-electron chi connectivity index (χ2n) is 4.77. The Kier molecular flexibility index (Phi) is 5.87. The molecule has 0 saturated carbocycles. The van der Waals surface area contributed by atoms with E-state index < -0.39 is 11.6 Å². The van der Waals surface area contributed by atoms with Gasteiger partial charge in [-0.1, -0.05) is 6.92 Å². The van der Waals surface area contributed by atoms with E-state index in [9.17, 15) is 18.4 Å². The van der Waals surface area contributed by atoms with Gasteiger partial charge in [0.2, 0.25) is 5.91 Å². The molecule has 0 aromatic heterocycles. The van der Waals surface area contributed by atoms with Gasteiger partial charge in [-0.15, -0.1) is 11.8 Å². The summed E-state index contributed by atoms with van der Waals surface area (Å²) >= 11 is 0.948. The van der Waals surface area contributed by atoms with E-state index >= 15 is 0 Å². The van der Waals surface area contributed by atoms with Crippen molar-refractivity contribution >= 4 is 29.1 Å². The molecule has 0 fully saturated rings. The lowest BCUT2D eigenvalue weighted by molar-refractivity contribution is -0.115. The minimum absolute atomic E-state index is 0.00103. The second kappa shape index (κ2) is 7.87. The number of ketones is 1. The van der Waals surface area contributed by atoms with Crippen molar-refractivity contribution in [2.24, 2.45) is 0 Å². The predicted octanol–water partition coefficient (Wildman–Crippen LogP) is 4.29. The van der Waals surface area contributed by atoms with Crippen molar-refractivity contribution in [2.75, 3.05) is 11.1 Å². The molecule has 23 heavy (non-hydrogen) atoms. The average molecular weight is 335 g/mol. The maximum Gasteiger partial charge on any atom is 0.224 e. The van der Waals surface area contributed by atoms with Crippen molar-refractivity contribution in [1.29, 1.82) is 0 Å². The molecule has 0 spiro atoms. The first kappa shape index (κ1) is 17.1. The van der Waals surface area contributed by atoms with Gasteiger partial charge in [0.15, 0.2) is 5.78 Å². The van der Waals surface area contributed by atoms with Gasteiger partial charge in [-0.05, 0) is 42.5 Å². The van der Waals surface area contributed by atoms with Crippen LogP contribution in [0.1, 0.15) is 23.7 Å². The van der Waals surface area contributed by atoms with Gasteiger partial charge in [0.25, 0.3) is 0 Å². The highest BCUT2D eigenvalue weighted by Crippen LogP contribution is 2.23. The van der Waals surface area contributed by atoms with E-state index in [0.717, 1.165) is 30.0 Å². The monoisotopic (exact) mass is 335 g/mol. The zero-order chi connectivity index (χ0) is 16.8. The third-order valence-corrected chi connectivity index (χ3v) is 4.09. The fourth-order valence-electron chi connectivity index (χ4n) is 1.80. The third kappa shape index (κ3) is 4.89. The van der Waals surface area contributed by atoms with Gasteiger partial charge in [0.05, 0.1) is 5.75 Å². The van der Waals surface area contributed by atoms with Crippen LogP contribution in [0.4, 0.5) is 14.5 Å². The second-order valence-corrected chi connectivity index (χ2v) is 5.78. The summed E-state index contributed by atoms with van der Waals surface area (Å²) in [5, 5.41) is 2.68. The highest BCUT2D eigenvalue weighted by atomic mass is 32.2. The summed E-state index contributed by atoms with van der Waals surface area (Å²) in [5.41, 5.74) is 1.06. The molecule has 0 radical (unpaired) electrons. The Hall–Kier alpha value is -2.21. The zero-order valence-corrected chi connectivity index (χ0v) is 13.3.